The zero-order valence-electron chi connectivity index (χ0n) is 10.6. The van der Waals surface area contributed by atoms with Crippen LogP contribution in [0.25, 0.3) is 0 Å². The van der Waals surface area contributed by atoms with Gasteiger partial charge in [0.2, 0.25) is 10.0 Å². The van der Waals surface area contributed by atoms with Crippen LogP contribution in [-0.4, -0.2) is 31.9 Å². The summed E-state index contributed by atoms with van der Waals surface area (Å²) in [6.45, 7) is 3.76. The second-order valence-electron chi connectivity index (χ2n) is 4.17. The molecule has 102 valence electrons. The minimum Gasteiger partial charge on any atom is -0.396 e. The van der Waals surface area contributed by atoms with Gasteiger partial charge in [-0.05, 0) is 44.5 Å². The molecule has 0 aliphatic rings. The number of hydrogen-bond donors (Lipinski definition) is 2. The van der Waals surface area contributed by atoms with E-state index in [4.69, 9.17) is 5.11 Å². The van der Waals surface area contributed by atoms with Crippen molar-refractivity contribution in [2.45, 2.75) is 36.1 Å². The van der Waals surface area contributed by atoms with E-state index in [1.54, 1.807) is 49.9 Å². The Balaban J connectivity index is 2.70. The number of hydrogen-bond acceptors (Lipinski definition) is 4. The Morgan fingerprint density at radius 1 is 1.28 bits per heavy atom. The lowest BCUT2D eigenvalue weighted by Crippen LogP contribution is -2.30. The maximum atomic E-state index is 11.9. The summed E-state index contributed by atoms with van der Waals surface area (Å²) in [5, 5.41) is 8.68. The summed E-state index contributed by atoms with van der Waals surface area (Å²) in [6, 6.07) is 6.67. The average Bonchev–Trinajstić information content (AvgIpc) is 2.28. The zero-order valence-corrected chi connectivity index (χ0v) is 12.2. The van der Waals surface area contributed by atoms with Crippen LogP contribution in [0.2, 0.25) is 0 Å². The number of aliphatic hydroxyl groups excluding tert-OH is 1. The first-order chi connectivity index (χ1) is 8.45. The summed E-state index contributed by atoms with van der Waals surface area (Å²) in [7, 11) is -3.40. The van der Waals surface area contributed by atoms with Crippen LogP contribution in [0.3, 0.4) is 0 Å². The van der Waals surface area contributed by atoms with Crippen LogP contribution in [0.15, 0.2) is 34.1 Å². The average molecular weight is 289 g/mol. The van der Waals surface area contributed by atoms with E-state index in [9.17, 15) is 8.42 Å². The third kappa shape index (κ3) is 4.97. The molecule has 0 unspecified atom stereocenters. The van der Waals surface area contributed by atoms with Gasteiger partial charge in [0.15, 0.2) is 0 Å². The standard InChI is InChI=1S/C12H19NO3S2/c1-10(2)13-18(15,16)12-6-4-11(5-7-12)17-9-3-8-14/h4-7,10,13-14H,3,8-9H2,1-2H3. The van der Waals surface area contributed by atoms with Crippen LogP contribution >= 0.6 is 11.8 Å². The first kappa shape index (κ1) is 15.5. The van der Waals surface area contributed by atoms with Gasteiger partial charge in [0, 0.05) is 23.3 Å². The summed E-state index contributed by atoms with van der Waals surface area (Å²) in [5.41, 5.74) is 0. The Morgan fingerprint density at radius 3 is 2.39 bits per heavy atom. The van der Waals surface area contributed by atoms with Crippen LogP contribution in [0.5, 0.6) is 0 Å². The Hall–Kier alpha value is -0.560. The van der Waals surface area contributed by atoms with Crippen molar-refractivity contribution in [2.24, 2.45) is 0 Å². The molecule has 0 aliphatic carbocycles. The van der Waals surface area contributed by atoms with E-state index < -0.39 is 10.0 Å². The molecule has 0 aromatic heterocycles. The molecule has 4 nitrogen and oxygen atoms in total. The van der Waals surface area contributed by atoms with Crippen LogP contribution < -0.4 is 4.72 Å². The normalized spacial score (nSPS) is 12.0. The molecule has 0 spiro atoms. The minimum atomic E-state index is -3.40. The molecule has 6 heteroatoms. The molecule has 2 N–H and O–H groups in total. The summed E-state index contributed by atoms with van der Waals surface area (Å²) in [5.74, 6) is 0.826. The molecule has 1 aromatic rings. The number of sulfonamides is 1. The number of rotatable bonds is 7. The van der Waals surface area contributed by atoms with E-state index in [1.165, 1.54) is 0 Å². The molecule has 0 atom stereocenters. The summed E-state index contributed by atoms with van der Waals surface area (Å²) in [6.07, 6.45) is 0.736. The molecule has 0 amide bonds. The lowest BCUT2D eigenvalue weighted by atomic mass is 10.4. The molecule has 18 heavy (non-hydrogen) atoms. The van der Waals surface area contributed by atoms with Crippen molar-refractivity contribution < 1.29 is 13.5 Å². The van der Waals surface area contributed by atoms with Crippen LogP contribution in [0.4, 0.5) is 0 Å². The molecular weight excluding hydrogens is 270 g/mol. The predicted octanol–water partition coefficient (Wildman–Crippen LogP) is 1.85. The smallest absolute Gasteiger partial charge is 0.240 e. The quantitative estimate of drug-likeness (QED) is 0.594. The Labute approximate surface area is 113 Å². The molecule has 0 saturated heterocycles. The number of nitrogens with one attached hydrogen (secondary N) is 1. The first-order valence-corrected chi connectivity index (χ1v) is 8.28. The zero-order chi connectivity index (χ0) is 13.6. The number of thioether (sulfide) groups is 1. The molecular formula is C12H19NO3S2. The van der Waals surface area contributed by atoms with Gasteiger partial charge < -0.3 is 5.11 Å². The molecule has 0 saturated carbocycles. The van der Waals surface area contributed by atoms with Gasteiger partial charge in [-0.1, -0.05) is 0 Å². The highest BCUT2D eigenvalue weighted by molar-refractivity contribution is 7.99. The third-order valence-corrected chi connectivity index (χ3v) is 4.87. The van der Waals surface area contributed by atoms with Crippen molar-refractivity contribution in [1.82, 2.24) is 4.72 Å². The topological polar surface area (TPSA) is 66.4 Å². The van der Waals surface area contributed by atoms with Gasteiger partial charge in [-0.15, -0.1) is 11.8 Å². The monoisotopic (exact) mass is 289 g/mol. The Morgan fingerprint density at radius 2 is 1.89 bits per heavy atom. The van der Waals surface area contributed by atoms with Gasteiger partial charge in [-0.3, -0.25) is 0 Å². The lowest BCUT2D eigenvalue weighted by molar-refractivity contribution is 0.296. The van der Waals surface area contributed by atoms with Crippen molar-refractivity contribution >= 4 is 21.8 Å². The minimum absolute atomic E-state index is 0.117. The van der Waals surface area contributed by atoms with E-state index in [1.807, 2.05) is 0 Å². The summed E-state index contributed by atoms with van der Waals surface area (Å²) in [4.78, 5) is 1.29. The summed E-state index contributed by atoms with van der Waals surface area (Å²) >= 11 is 1.60. The van der Waals surface area contributed by atoms with E-state index in [0.717, 1.165) is 17.1 Å². The highest BCUT2D eigenvalue weighted by atomic mass is 32.2. The van der Waals surface area contributed by atoms with Crippen molar-refractivity contribution in [1.29, 1.82) is 0 Å². The second kappa shape index (κ2) is 7.13. The van der Waals surface area contributed by atoms with E-state index in [2.05, 4.69) is 4.72 Å². The fourth-order valence-corrected chi connectivity index (χ4v) is 3.44. The molecule has 0 fully saturated rings. The van der Waals surface area contributed by atoms with Crippen LogP contribution in [0, 0.1) is 0 Å². The highest BCUT2D eigenvalue weighted by Gasteiger charge is 2.14. The summed E-state index contributed by atoms with van der Waals surface area (Å²) < 4.78 is 26.3. The molecule has 0 aliphatic heterocycles. The van der Waals surface area contributed by atoms with E-state index >= 15 is 0 Å². The molecule has 0 bridgehead atoms. The van der Waals surface area contributed by atoms with Crippen molar-refractivity contribution in [3.8, 4) is 0 Å². The lowest BCUT2D eigenvalue weighted by Gasteiger charge is -2.09. The Bertz CT molecular complexity index is 455. The Kier molecular flexibility index (Phi) is 6.14. The van der Waals surface area contributed by atoms with Gasteiger partial charge in [0.25, 0.3) is 0 Å². The number of benzene rings is 1. The first-order valence-electron chi connectivity index (χ1n) is 5.82. The highest BCUT2D eigenvalue weighted by Crippen LogP contribution is 2.20. The van der Waals surface area contributed by atoms with E-state index in [-0.39, 0.29) is 17.5 Å². The van der Waals surface area contributed by atoms with Gasteiger partial charge in [-0.25, -0.2) is 13.1 Å². The fraction of sp³-hybridized carbons (Fsp3) is 0.500. The van der Waals surface area contributed by atoms with Crippen molar-refractivity contribution in [3.63, 3.8) is 0 Å². The van der Waals surface area contributed by atoms with Crippen LogP contribution in [-0.2, 0) is 10.0 Å². The fourth-order valence-electron chi connectivity index (χ4n) is 1.35. The van der Waals surface area contributed by atoms with Gasteiger partial charge in [0.1, 0.15) is 0 Å². The maximum absolute atomic E-state index is 11.9. The van der Waals surface area contributed by atoms with Gasteiger partial charge in [0.05, 0.1) is 4.90 Å². The molecule has 1 rings (SSSR count). The van der Waals surface area contributed by atoms with Crippen molar-refractivity contribution in [3.05, 3.63) is 24.3 Å². The van der Waals surface area contributed by atoms with Gasteiger partial charge >= 0.3 is 0 Å². The second-order valence-corrected chi connectivity index (χ2v) is 7.06. The van der Waals surface area contributed by atoms with E-state index in [0.29, 0.717) is 0 Å². The molecule has 1 aromatic carbocycles. The SMILES string of the molecule is CC(C)NS(=O)(=O)c1ccc(SCCCO)cc1. The third-order valence-electron chi connectivity index (χ3n) is 2.10. The molecule has 0 heterocycles. The van der Waals surface area contributed by atoms with Crippen molar-refractivity contribution in [2.75, 3.05) is 12.4 Å². The van der Waals surface area contributed by atoms with Gasteiger partial charge in [-0.2, -0.15) is 0 Å². The predicted molar refractivity (Wildman–Crippen MR) is 74.3 cm³/mol. The molecule has 0 radical (unpaired) electrons. The maximum Gasteiger partial charge on any atom is 0.240 e. The number of aliphatic hydroxyl groups is 1. The van der Waals surface area contributed by atoms with Crippen LogP contribution in [0.1, 0.15) is 20.3 Å². The largest absolute Gasteiger partial charge is 0.396 e.